The quantitative estimate of drug-likeness (QED) is 0.409. The van der Waals surface area contributed by atoms with Crippen LogP contribution in [0.25, 0.3) is 0 Å². The van der Waals surface area contributed by atoms with Gasteiger partial charge in [0.25, 0.3) is 0 Å². The first-order valence-electron chi connectivity index (χ1n) is 6.04. The van der Waals surface area contributed by atoms with E-state index in [-0.39, 0.29) is 24.9 Å². The van der Waals surface area contributed by atoms with Gasteiger partial charge in [0, 0.05) is 12.1 Å². The molecule has 0 radical (unpaired) electrons. The first kappa shape index (κ1) is 14.9. The molecule has 2 unspecified atom stereocenters. The maximum absolute atomic E-state index is 11.4. The van der Waals surface area contributed by atoms with Gasteiger partial charge in [-0.3, -0.25) is 19.2 Å². The highest BCUT2D eigenvalue weighted by atomic mass is 16.2. The molecule has 1 rings (SSSR count). The predicted molar refractivity (Wildman–Crippen MR) is 65.3 cm³/mol. The van der Waals surface area contributed by atoms with Crippen LogP contribution >= 0.6 is 0 Å². The summed E-state index contributed by atoms with van der Waals surface area (Å²) in [6.45, 7) is 0. The second kappa shape index (κ2) is 6.72. The maximum atomic E-state index is 11.4. The van der Waals surface area contributed by atoms with E-state index in [0.29, 0.717) is 12.8 Å². The van der Waals surface area contributed by atoms with Crippen molar-refractivity contribution in [1.29, 1.82) is 0 Å². The molecular formula is C11H18N4O4. The Balaban J connectivity index is 2.45. The van der Waals surface area contributed by atoms with Gasteiger partial charge in [0.2, 0.25) is 23.6 Å². The molecule has 106 valence electrons. The molecule has 1 fully saturated rings. The standard InChI is InChI=1S/C11H18N4O4/c12-8(16)4-10(18)14-6-2-1-3-7(6)15-11(19)5-9(13)17/h6-7H,1-5H2,(H2,12,16)(H2,13,17)(H,14,18)(H,15,19). The largest absolute Gasteiger partial charge is 0.369 e. The Morgan fingerprint density at radius 1 is 0.842 bits per heavy atom. The number of nitrogens with two attached hydrogens (primary N) is 2. The molecule has 19 heavy (non-hydrogen) atoms. The van der Waals surface area contributed by atoms with Crippen molar-refractivity contribution >= 4 is 23.6 Å². The van der Waals surface area contributed by atoms with Gasteiger partial charge in [-0.15, -0.1) is 0 Å². The average molecular weight is 270 g/mol. The fourth-order valence-electron chi connectivity index (χ4n) is 2.14. The molecule has 0 aromatic carbocycles. The second-order valence-corrected chi connectivity index (χ2v) is 4.57. The number of carbonyl (C=O) groups is 4. The third-order valence-corrected chi connectivity index (χ3v) is 2.88. The number of hydrogen-bond donors (Lipinski definition) is 4. The zero-order valence-corrected chi connectivity index (χ0v) is 10.5. The lowest BCUT2D eigenvalue weighted by atomic mass is 10.1. The number of carbonyl (C=O) groups excluding carboxylic acids is 4. The summed E-state index contributed by atoms with van der Waals surface area (Å²) in [6, 6.07) is -0.493. The molecule has 2 atom stereocenters. The van der Waals surface area contributed by atoms with E-state index in [1.54, 1.807) is 0 Å². The summed E-state index contributed by atoms with van der Waals surface area (Å²) in [5, 5.41) is 5.30. The van der Waals surface area contributed by atoms with Crippen molar-refractivity contribution in [2.75, 3.05) is 0 Å². The lowest BCUT2D eigenvalue weighted by Gasteiger charge is -2.21. The van der Waals surface area contributed by atoms with Gasteiger partial charge < -0.3 is 22.1 Å². The Morgan fingerprint density at radius 2 is 1.21 bits per heavy atom. The molecule has 0 aromatic heterocycles. The molecule has 8 heteroatoms. The zero-order valence-electron chi connectivity index (χ0n) is 10.5. The summed E-state index contributed by atoms with van der Waals surface area (Å²) < 4.78 is 0. The molecule has 0 saturated heterocycles. The minimum Gasteiger partial charge on any atom is -0.369 e. The second-order valence-electron chi connectivity index (χ2n) is 4.57. The third-order valence-electron chi connectivity index (χ3n) is 2.88. The van der Waals surface area contributed by atoms with Crippen molar-refractivity contribution in [1.82, 2.24) is 10.6 Å². The van der Waals surface area contributed by atoms with E-state index >= 15 is 0 Å². The normalized spacial score (nSPS) is 21.7. The monoisotopic (exact) mass is 270 g/mol. The average Bonchev–Trinajstić information content (AvgIpc) is 2.62. The number of nitrogens with one attached hydrogen (secondary N) is 2. The first-order chi connectivity index (χ1) is 8.88. The van der Waals surface area contributed by atoms with E-state index in [2.05, 4.69) is 10.6 Å². The molecular weight excluding hydrogens is 252 g/mol. The van der Waals surface area contributed by atoms with Crippen LogP contribution in [0.4, 0.5) is 0 Å². The number of primary amides is 2. The number of amides is 4. The van der Waals surface area contributed by atoms with Crippen LogP contribution in [0.3, 0.4) is 0 Å². The van der Waals surface area contributed by atoms with Gasteiger partial charge in [-0.25, -0.2) is 0 Å². The zero-order chi connectivity index (χ0) is 14.4. The van der Waals surface area contributed by atoms with Crippen LogP contribution < -0.4 is 22.1 Å². The van der Waals surface area contributed by atoms with Gasteiger partial charge >= 0.3 is 0 Å². The van der Waals surface area contributed by atoms with Crippen LogP contribution in [0, 0.1) is 0 Å². The Morgan fingerprint density at radius 3 is 1.53 bits per heavy atom. The fourth-order valence-corrected chi connectivity index (χ4v) is 2.14. The highest BCUT2D eigenvalue weighted by molar-refractivity contribution is 5.97. The van der Waals surface area contributed by atoms with E-state index in [1.807, 2.05) is 0 Å². The Kier molecular flexibility index (Phi) is 5.28. The van der Waals surface area contributed by atoms with Crippen LogP contribution in [0.15, 0.2) is 0 Å². The molecule has 1 saturated carbocycles. The first-order valence-corrected chi connectivity index (χ1v) is 6.04. The van der Waals surface area contributed by atoms with Gasteiger partial charge in [0.05, 0.1) is 0 Å². The minimum absolute atomic E-state index is 0.247. The van der Waals surface area contributed by atoms with Crippen molar-refractivity contribution in [3.05, 3.63) is 0 Å². The molecule has 8 nitrogen and oxygen atoms in total. The van der Waals surface area contributed by atoms with Crippen molar-refractivity contribution in [3.63, 3.8) is 0 Å². The number of rotatable bonds is 6. The molecule has 1 aliphatic carbocycles. The Labute approximate surface area is 110 Å². The smallest absolute Gasteiger partial charge is 0.229 e. The van der Waals surface area contributed by atoms with E-state index in [4.69, 9.17) is 11.5 Å². The van der Waals surface area contributed by atoms with Gasteiger partial charge in [0.15, 0.2) is 0 Å². The van der Waals surface area contributed by atoms with Crippen molar-refractivity contribution < 1.29 is 19.2 Å². The Bertz CT molecular complexity index is 360. The van der Waals surface area contributed by atoms with Crippen LogP contribution in [0.2, 0.25) is 0 Å². The summed E-state index contributed by atoms with van der Waals surface area (Å²) in [4.78, 5) is 44.0. The molecule has 0 bridgehead atoms. The van der Waals surface area contributed by atoms with E-state index in [0.717, 1.165) is 6.42 Å². The van der Waals surface area contributed by atoms with E-state index in [9.17, 15) is 19.2 Å². The van der Waals surface area contributed by atoms with Crippen LogP contribution in [0.5, 0.6) is 0 Å². The molecule has 0 spiro atoms. The molecule has 4 amide bonds. The van der Waals surface area contributed by atoms with Crippen LogP contribution in [-0.4, -0.2) is 35.7 Å². The highest BCUT2D eigenvalue weighted by Gasteiger charge is 2.30. The van der Waals surface area contributed by atoms with Gasteiger partial charge in [-0.2, -0.15) is 0 Å². The molecule has 0 heterocycles. The van der Waals surface area contributed by atoms with Gasteiger partial charge in [-0.05, 0) is 19.3 Å². The lowest BCUT2D eigenvalue weighted by Crippen LogP contribution is -2.49. The molecule has 0 aromatic rings. The minimum atomic E-state index is -0.704. The van der Waals surface area contributed by atoms with Crippen LogP contribution in [0.1, 0.15) is 32.1 Å². The third kappa shape index (κ3) is 5.36. The fraction of sp³-hybridized carbons (Fsp3) is 0.636. The summed E-state index contributed by atoms with van der Waals surface area (Å²) >= 11 is 0. The molecule has 1 aliphatic rings. The summed E-state index contributed by atoms with van der Waals surface area (Å²) in [5.74, 6) is -2.34. The highest BCUT2D eigenvalue weighted by Crippen LogP contribution is 2.19. The van der Waals surface area contributed by atoms with Crippen molar-refractivity contribution in [2.24, 2.45) is 11.5 Å². The van der Waals surface area contributed by atoms with Crippen molar-refractivity contribution in [3.8, 4) is 0 Å². The van der Waals surface area contributed by atoms with E-state index in [1.165, 1.54) is 0 Å². The predicted octanol–water partition coefficient (Wildman–Crippen LogP) is -2.11. The Hall–Kier alpha value is -2.12. The summed E-state index contributed by atoms with van der Waals surface area (Å²) in [5.41, 5.74) is 9.83. The SMILES string of the molecule is NC(=O)CC(=O)NC1CCCC1NC(=O)CC(N)=O. The van der Waals surface area contributed by atoms with E-state index < -0.39 is 23.6 Å². The van der Waals surface area contributed by atoms with Gasteiger partial charge in [-0.1, -0.05) is 0 Å². The van der Waals surface area contributed by atoms with Crippen LogP contribution in [-0.2, 0) is 19.2 Å². The molecule has 6 N–H and O–H groups in total. The summed E-state index contributed by atoms with van der Waals surface area (Å²) in [6.07, 6.45) is 1.48. The molecule has 0 aliphatic heterocycles. The lowest BCUT2D eigenvalue weighted by molar-refractivity contribution is -0.130. The topological polar surface area (TPSA) is 144 Å². The maximum Gasteiger partial charge on any atom is 0.229 e. The summed E-state index contributed by atoms with van der Waals surface area (Å²) in [7, 11) is 0. The number of hydrogen-bond acceptors (Lipinski definition) is 4. The van der Waals surface area contributed by atoms with Gasteiger partial charge in [0.1, 0.15) is 12.8 Å². The van der Waals surface area contributed by atoms with Crippen molar-refractivity contribution in [2.45, 2.75) is 44.2 Å².